The number of carboxylic acids is 1. The lowest BCUT2D eigenvalue weighted by Crippen LogP contribution is -2.43. The van der Waals surface area contributed by atoms with Crippen molar-refractivity contribution < 1.29 is 14.6 Å². The molecular formula is C15H22N2O3. The van der Waals surface area contributed by atoms with Crippen molar-refractivity contribution in [3.63, 3.8) is 0 Å². The molecule has 110 valence electrons. The summed E-state index contributed by atoms with van der Waals surface area (Å²) in [5.41, 5.74) is 0.299. The van der Waals surface area contributed by atoms with Crippen LogP contribution in [0.2, 0.25) is 0 Å². The molecule has 0 bridgehead atoms. The average molecular weight is 278 g/mol. The fourth-order valence-electron chi connectivity index (χ4n) is 2.00. The minimum Gasteiger partial charge on any atom is -0.492 e. The molecule has 0 unspecified atom stereocenters. The normalized spacial score (nSPS) is 16.0. The van der Waals surface area contributed by atoms with Crippen molar-refractivity contribution in [3.8, 4) is 5.75 Å². The number of piperazine rings is 1. The molecule has 1 heterocycles. The van der Waals surface area contributed by atoms with E-state index in [1.165, 1.54) is 5.69 Å². The number of carboxylic acid groups (broad SMARTS) is 1. The van der Waals surface area contributed by atoms with Gasteiger partial charge in [-0.05, 0) is 38.1 Å². The second-order valence-corrected chi connectivity index (χ2v) is 5.71. The lowest BCUT2D eigenvalue weighted by Gasteiger charge is -2.29. The van der Waals surface area contributed by atoms with Crippen LogP contribution in [-0.2, 0) is 4.79 Å². The van der Waals surface area contributed by atoms with Gasteiger partial charge >= 0.3 is 5.97 Å². The van der Waals surface area contributed by atoms with Gasteiger partial charge in [0.25, 0.3) is 0 Å². The monoisotopic (exact) mass is 278 g/mol. The van der Waals surface area contributed by atoms with Crippen LogP contribution in [-0.4, -0.2) is 43.9 Å². The highest BCUT2D eigenvalue weighted by Crippen LogP contribution is 2.22. The first-order valence-electron chi connectivity index (χ1n) is 6.91. The lowest BCUT2D eigenvalue weighted by molar-refractivity contribution is -0.148. The van der Waals surface area contributed by atoms with Gasteiger partial charge in [-0.25, -0.2) is 0 Å². The molecule has 0 spiro atoms. The SMILES string of the molecule is CC(C)(COc1ccc(N2CCNCC2)cc1)C(=O)O. The highest BCUT2D eigenvalue weighted by Gasteiger charge is 2.28. The van der Waals surface area contributed by atoms with E-state index in [-0.39, 0.29) is 6.61 Å². The summed E-state index contributed by atoms with van der Waals surface area (Å²) in [6, 6.07) is 7.84. The molecule has 1 aliphatic heterocycles. The number of ether oxygens (including phenoxy) is 1. The van der Waals surface area contributed by atoms with Gasteiger partial charge in [0.1, 0.15) is 12.4 Å². The van der Waals surface area contributed by atoms with Gasteiger partial charge in [-0.3, -0.25) is 4.79 Å². The summed E-state index contributed by atoms with van der Waals surface area (Å²) in [4.78, 5) is 13.3. The number of hydrogen-bond donors (Lipinski definition) is 2. The van der Waals surface area contributed by atoms with E-state index >= 15 is 0 Å². The standard InChI is InChI=1S/C15H22N2O3/c1-15(2,14(18)19)11-20-13-5-3-12(4-6-13)17-9-7-16-8-10-17/h3-6,16H,7-11H2,1-2H3,(H,18,19). The maximum atomic E-state index is 11.0. The van der Waals surface area contributed by atoms with Crippen LogP contribution in [0.4, 0.5) is 5.69 Å². The Hall–Kier alpha value is -1.75. The van der Waals surface area contributed by atoms with Crippen LogP contribution >= 0.6 is 0 Å². The Morgan fingerprint density at radius 3 is 2.45 bits per heavy atom. The van der Waals surface area contributed by atoms with Gasteiger partial charge < -0.3 is 20.1 Å². The third-order valence-corrected chi connectivity index (χ3v) is 3.50. The Kier molecular flexibility index (Phi) is 4.49. The Morgan fingerprint density at radius 1 is 1.30 bits per heavy atom. The summed E-state index contributed by atoms with van der Waals surface area (Å²) in [5, 5.41) is 12.4. The second kappa shape index (κ2) is 6.13. The van der Waals surface area contributed by atoms with Gasteiger partial charge in [0, 0.05) is 31.9 Å². The number of carbonyl (C=O) groups is 1. The number of nitrogens with zero attached hydrogens (tertiary/aromatic N) is 1. The van der Waals surface area contributed by atoms with Crippen LogP contribution in [0.3, 0.4) is 0 Å². The molecule has 1 saturated heterocycles. The Morgan fingerprint density at radius 2 is 1.90 bits per heavy atom. The molecule has 1 aromatic rings. The molecule has 1 fully saturated rings. The minimum atomic E-state index is -0.878. The van der Waals surface area contributed by atoms with Crippen molar-refractivity contribution in [2.24, 2.45) is 5.41 Å². The van der Waals surface area contributed by atoms with E-state index in [0.29, 0.717) is 5.75 Å². The maximum absolute atomic E-state index is 11.0. The summed E-state index contributed by atoms with van der Waals surface area (Å²) < 4.78 is 5.56. The predicted molar refractivity (Wildman–Crippen MR) is 78.4 cm³/mol. The van der Waals surface area contributed by atoms with Crippen LogP contribution < -0.4 is 15.0 Å². The molecule has 5 heteroatoms. The Bertz CT molecular complexity index is 451. The first-order chi connectivity index (χ1) is 9.49. The van der Waals surface area contributed by atoms with Crippen molar-refractivity contribution in [1.29, 1.82) is 0 Å². The predicted octanol–water partition coefficient (Wildman–Crippen LogP) is 1.59. The summed E-state index contributed by atoms with van der Waals surface area (Å²) in [6.07, 6.45) is 0. The Balaban J connectivity index is 1.93. The minimum absolute atomic E-state index is 0.162. The van der Waals surface area contributed by atoms with E-state index in [4.69, 9.17) is 9.84 Å². The molecule has 1 aliphatic rings. The van der Waals surface area contributed by atoms with Crippen molar-refractivity contribution in [1.82, 2.24) is 5.32 Å². The topological polar surface area (TPSA) is 61.8 Å². The van der Waals surface area contributed by atoms with Crippen LogP contribution in [0, 0.1) is 5.41 Å². The van der Waals surface area contributed by atoms with Crippen molar-refractivity contribution >= 4 is 11.7 Å². The molecule has 2 rings (SSSR count). The van der Waals surface area contributed by atoms with Gasteiger partial charge in [-0.1, -0.05) is 0 Å². The van der Waals surface area contributed by atoms with Crippen LogP contribution in [0.5, 0.6) is 5.75 Å². The fraction of sp³-hybridized carbons (Fsp3) is 0.533. The van der Waals surface area contributed by atoms with Crippen LogP contribution in [0.15, 0.2) is 24.3 Å². The molecule has 0 radical (unpaired) electrons. The fourth-order valence-corrected chi connectivity index (χ4v) is 2.00. The van der Waals surface area contributed by atoms with E-state index in [1.807, 2.05) is 24.3 Å². The molecule has 0 amide bonds. The second-order valence-electron chi connectivity index (χ2n) is 5.71. The molecule has 20 heavy (non-hydrogen) atoms. The quantitative estimate of drug-likeness (QED) is 0.856. The van der Waals surface area contributed by atoms with E-state index in [2.05, 4.69) is 10.2 Å². The van der Waals surface area contributed by atoms with Crippen molar-refractivity contribution in [2.75, 3.05) is 37.7 Å². The third kappa shape index (κ3) is 3.63. The first kappa shape index (κ1) is 14.7. The molecule has 0 aromatic heterocycles. The summed E-state index contributed by atoms with van der Waals surface area (Å²) in [5.74, 6) is -0.145. The van der Waals surface area contributed by atoms with E-state index in [1.54, 1.807) is 13.8 Å². The molecule has 2 N–H and O–H groups in total. The molecule has 0 aliphatic carbocycles. The van der Waals surface area contributed by atoms with Gasteiger partial charge in [0.05, 0.1) is 5.41 Å². The number of rotatable bonds is 5. The van der Waals surface area contributed by atoms with Crippen molar-refractivity contribution in [3.05, 3.63) is 24.3 Å². The van der Waals surface area contributed by atoms with Gasteiger partial charge in [0.2, 0.25) is 0 Å². The number of aliphatic carboxylic acids is 1. The largest absolute Gasteiger partial charge is 0.492 e. The third-order valence-electron chi connectivity index (χ3n) is 3.50. The van der Waals surface area contributed by atoms with Gasteiger partial charge in [0.15, 0.2) is 0 Å². The van der Waals surface area contributed by atoms with Gasteiger partial charge in [-0.2, -0.15) is 0 Å². The molecular weight excluding hydrogens is 256 g/mol. The zero-order valence-electron chi connectivity index (χ0n) is 12.1. The average Bonchev–Trinajstić information content (AvgIpc) is 2.46. The van der Waals surface area contributed by atoms with Crippen molar-refractivity contribution in [2.45, 2.75) is 13.8 Å². The zero-order chi connectivity index (χ0) is 14.6. The Labute approximate surface area is 119 Å². The molecule has 5 nitrogen and oxygen atoms in total. The highest BCUT2D eigenvalue weighted by molar-refractivity contribution is 5.73. The summed E-state index contributed by atoms with van der Waals surface area (Å²) in [6.45, 7) is 7.50. The van der Waals surface area contributed by atoms with Gasteiger partial charge in [-0.15, -0.1) is 0 Å². The van der Waals surface area contributed by atoms with E-state index in [9.17, 15) is 4.79 Å². The first-order valence-corrected chi connectivity index (χ1v) is 6.91. The number of nitrogens with one attached hydrogen (secondary N) is 1. The number of hydrogen-bond acceptors (Lipinski definition) is 4. The smallest absolute Gasteiger partial charge is 0.312 e. The van der Waals surface area contributed by atoms with E-state index < -0.39 is 11.4 Å². The zero-order valence-corrected chi connectivity index (χ0v) is 12.1. The lowest BCUT2D eigenvalue weighted by atomic mass is 9.95. The summed E-state index contributed by atoms with van der Waals surface area (Å²) in [7, 11) is 0. The maximum Gasteiger partial charge on any atom is 0.312 e. The van der Waals surface area contributed by atoms with E-state index in [0.717, 1.165) is 26.2 Å². The molecule has 0 saturated carbocycles. The number of anilines is 1. The number of benzene rings is 1. The summed E-state index contributed by atoms with van der Waals surface area (Å²) >= 11 is 0. The highest BCUT2D eigenvalue weighted by atomic mass is 16.5. The molecule has 0 atom stereocenters. The van der Waals surface area contributed by atoms with Crippen LogP contribution in [0.25, 0.3) is 0 Å². The van der Waals surface area contributed by atoms with Crippen LogP contribution in [0.1, 0.15) is 13.8 Å². The molecule has 1 aromatic carbocycles.